The first-order valence-electron chi connectivity index (χ1n) is 10.8. The molecule has 0 aromatic heterocycles. The molecule has 0 saturated heterocycles. The highest BCUT2D eigenvalue weighted by Gasteiger charge is 2.42. The SMILES string of the molecule is CC(NC(=O)C1(c2ccc3c(c2)OCO3)CCCCC1)c1ccc2c(c1)NC(=O)CO2. The number of hydrogen-bond acceptors (Lipinski definition) is 5. The Balaban J connectivity index is 1.40. The van der Waals surface area contributed by atoms with Gasteiger partial charge in [0.05, 0.1) is 17.1 Å². The number of hydrogen-bond donors (Lipinski definition) is 2. The molecule has 1 unspecified atom stereocenters. The van der Waals surface area contributed by atoms with E-state index >= 15 is 0 Å². The summed E-state index contributed by atoms with van der Waals surface area (Å²) in [5.74, 6) is 1.92. The van der Waals surface area contributed by atoms with E-state index in [2.05, 4.69) is 10.6 Å². The zero-order valence-corrected chi connectivity index (χ0v) is 17.5. The Hall–Kier alpha value is -3.22. The first kappa shape index (κ1) is 19.7. The lowest BCUT2D eigenvalue weighted by Gasteiger charge is -2.37. The molecule has 7 heteroatoms. The first-order chi connectivity index (χ1) is 15.0. The molecule has 2 aromatic carbocycles. The Morgan fingerprint density at radius 3 is 2.61 bits per heavy atom. The Labute approximate surface area is 181 Å². The molecule has 2 aromatic rings. The number of nitrogens with one attached hydrogen (secondary N) is 2. The third-order valence-corrected chi connectivity index (χ3v) is 6.55. The second kappa shape index (κ2) is 7.80. The fraction of sp³-hybridized carbons (Fsp3) is 0.417. The van der Waals surface area contributed by atoms with Crippen LogP contribution in [0.1, 0.15) is 56.2 Å². The fourth-order valence-electron chi connectivity index (χ4n) is 4.78. The van der Waals surface area contributed by atoms with E-state index in [1.54, 1.807) is 0 Å². The standard InChI is InChI=1S/C24H26N2O5/c1-15(16-5-7-19-18(11-16)26-22(27)13-29-19)25-23(28)24(9-3-2-4-10-24)17-6-8-20-21(12-17)31-14-30-20/h5-8,11-12,15H,2-4,9-10,13-14H2,1H3,(H,25,28)(H,26,27). The first-order valence-corrected chi connectivity index (χ1v) is 10.8. The summed E-state index contributed by atoms with van der Waals surface area (Å²) in [7, 11) is 0. The molecule has 1 fully saturated rings. The second-order valence-corrected chi connectivity index (χ2v) is 8.50. The largest absolute Gasteiger partial charge is 0.482 e. The van der Waals surface area contributed by atoms with Crippen LogP contribution in [0.5, 0.6) is 17.2 Å². The van der Waals surface area contributed by atoms with Crippen molar-refractivity contribution < 1.29 is 23.8 Å². The van der Waals surface area contributed by atoms with E-state index in [9.17, 15) is 9.59 Å². The molecule has 0 bridgehead atoms. The summed E-state index contributed by atoms with van der Waals surface area (Å²) in [6.07, 6.45) is 4.77. The zero-order chi connectivity index (χ0) is 21.4. The summed E-state index contributed by atoms with van der Waals surface area (Å²) in [6, 6.07) is 11.3. The Morgan fingerprint density at radius 2 is 1.77 bits per heavy atom. The quantitative estimate of drug-likeness (QED) is 0.782. The molecule has 31 heavy (non-hydrogen) atoms. The molecule has 2 aliphatic heterocycles. The van der Waals surface area contributed by atoms with Crippen molar-refractivity contribution in [3.8, 4) is 17.2 Å². The summed E-state index contributed by atoms with van der Waals surface area (Å²) < 4.78 is 16.4. The predicted molar refractivity (Wildman–Crippen MR) is 114 cm³/mol. The van der Waals surface area contributed by atoms with Crippen molar-refractivity contribution in [2.24, 2.45) is 0 Å². The van der Waals surface area contributed by atoms with E-state index in [1.807, 2.05) is 43.3 Å². The summed E-state index contributed by atoms with van der Waals surface area (Å²) in [5, 5.41) is 6.05. The van der Waals surface area contributed by atoms with Crippen LogP contribution in [0.25, 0.3) is 0 Å². The van der Waals surface area contributed by atoms with Crippen LogP contribution in [0.2, 0.25) is 0 Å². The number of amides is 2. The van der Waals surface area contributed by atoms with Gasteiger partial charge in [0, 0.05) is 0 Å². The smallest absolute Gasteiger partial charge is 0.262 e. The maximum absolute atomic E-state index is 13.7. The maximum Gasteiger partial charge on any atom is 0.262 e. The molecule has 1 atom stereocenters. The van der Waals surface area contributed by atoms with Crippen molar-refractivity contribution in [2.75, 3.05) is 18.7 Å². The molecule has 5 rings (SSSR count). The Bertz CT molecular complexity index is 1030. The third kappa shape index (κ3) is 3.58. The topological polar surface area (TPSA) is 85.9 Å². The van der Waals surface area contributed by atoms with Crippen LogP contribution in [0, 0.1) is 0 Å². The van der Waals surface area contributed by atoms with Gasteiger partial charge in [0.15, 0.2) is 18.1 Å². The number of ether oxygens (including phenoxy) is 3. The second-order valence-electron chi connectivity index (χ2n) is 8.50. The highest BCUT2D eigenvalue weighted by Crippen LogP contribution is 2.44. The molecule has 2 amide bonds. The van der Waals surface area contributed by atoms with Crippen LogP contribution in [-0.2, 0) is 15.0 Å². The van der Waals surface area contributed by atoms with E-state index in [-0.39, 0.29) is 31.3 Å². The summed E-state index contributed by atoms with van der Waals surface area (Å²) >= 11 is 0. The van der Waals surface area contributed by atoms with Crippen molar-refractivity contribution in [3.05, 3.63) is 47.5 Å². The molecule has 162 valence electrons. The van der Waals surface area contributed by atoms with Gasteiger partial charge in [0.25, 0.3) is 5.91 Å². The minimum Gasteiger partial charge on any atom is -0.482 e. The fourth-order valence-corrected chi connectivity index (χ4v) is 4.78. The molecular weight excluding hydrogens is 396 g/mol. The molecule has 1 saturated carbocycles. The van der Waals surface area contributed by atoms with Crippen LogP contribution < -0.4 is 24.8 Å². The monoisotopic (exact) mass is 422 g/mol. The number of benzene rings is 2. The predicted octanol–water partition coefficient (Wildman–Crippen LogP) is 3.83. The van der Waals surface area contributed by atoms with E-state index in [0.717, 1.165) is 49.0 Å². The average molecular weight is 422 g/mol. The van der Waals surface area contributed by atoms with E-state index in [0.29, 0.717) is 17.2 Å². The number of carbonyl (C=O) groups is 2. The van der Waals surface area contributed by atoms with Gasteiger partial charge in [-0.3, -0.25) is 9.59 Å². The van der Waals surface area contributed by atoms with E-state index in [1.165, 1.54) is 0 Å². The normalized spacial score (nSPS) is 19.6. The van der Waals surface area contributed by atoms with Crippen molar-refractivity contribution in [2.45, 2.75) is 50.5 Å². The Morgan fingerprint density at radius 1 is 1.00 bits per heavy atom. The summed E-state index contributed by atoms with van der Waals surface area (Å²) in [6.45, 7) is 2.20. The van der Waals surface area contributed by atoms with Crippen LogP contribution >= 0.6 is 0 Å². The molecule has 3 aliphatic rings. The lowest BCUT2D eigenvalue weighted by Crippen LogP contribution is -2.46. The van der Waals surface area contributed by atoms with E-state index in [4.69, 9.17) is 14.2 Å². The van der Waals surface area contributed by atoms with Gasteiger partial charge in [-0.15, -0.1) is 0 Å². The lowest BCUT2D eigenvalue weighted by molar-refractivity contribution is -0.128. The molecule has 2 heterocycles. The van der Waals surface area contributed by atoms with Crippen LogP contribution in [-0.4, -0.2) is 25.2 Å². The molecule has 0 spiro atoms. The minimum absolute atomic E-state index is 0.0245. The summed E-state index contributed by atoms with van der Waals surface area (Å²) in [5.41, 5.74) is 1.94. The van der Waals surface area contributed by atoms with Crippen LogP contribution in [0.3, 0.4) is 0 Å². The molecule has 2 N–H and O–H groups in total. The van der Waals surface area contributed by atoms with Gasteiger partial charge in [-0.1, -0.05) is 31.4 Å². The van der Waals surface area contributed by atoms with Gasteiger partial charge < -0.3 is 24.8 Å². The van der Waals surface area contributed by atoms with Gasteiger partial charge >= 0.3 is 0 Å². The molecular formula is C24H26N2O5. The van der Waals surface area contributed by atoms with Crippen molar-refractivity contribution in [1.29, 1.82) is 0 Å². The van der Waals surface area contributed by atoms with Gasteiger partial charge in [-0.2, -0.15) is 0 Å². The summed E-state index contributed by atoms with van der Waals surface area (Å²) in [4.78, 5) is 25.3. The number of carbonyl (C=O) groups excluding carboxylic acids is 2. The van der Waals surface area contributed by atoms with Gasteiger partial charge in [-0.25, -0.2) is 0 Å². The Kier molecular flexibility index (Phi) is 4.96. The molecule has 7 nitrogen and oxygen atoms in total. The third-order valence-electron chi connectivity index (χ3n) is 6.55. The van der Waals surface area contributed by atoms with Crippen LogP contribution in [0.15, 0.2) is 36.4 Å². The zero-order valence-electron chi connectivity index (χ0n) is 17.5. The van der Waals surface area contributed by atoms with Crippen molar-refractivity contribution in [1.82, 2.24) is 5.32 Å². The van der Waals surface area contributed by atoms with Crippen molar-refractivity contribution in [3.63, 3.8) is 0 Å². The highest BCUT2D eigenvalue weighted by molar-refractivity contribution is 5.95. The van der Waals surface area contributed by atoms with E-state index < -0.39 is 5.41 Å². The number of anilines is 1. The maximum atomic E-state index is 13.7. The van der Waals surface area contributed by atoms with Crippen LogP contribution in [0.4, 0.5) is 5.69 Å². The minimum atomic E-state index is -0.584. The van der Waals surface area contributed by atoms with Gasteiger partial charge in [0.2, 0.25) is 12.7 Å². The lowest BCUT2D eigenvalue weighted by atomic mass is 9.68. The average Bonchev–Trinajstić information content (AvgIpc) is 3.27. The number of fused-ring (bicyclic) bond motifs is 2. The molecule has 0 radical (unpaired) electrons. The number of rotatable bonds is 4. The van der Waals surface area contributed by atoms with Gasteiger partial charge in [-0.05, 0) is 55.2 Å². The highest BCUT2D eigenvalue weighted by atomic mass is 16.7. The van der Waals surface area contributed by atoms with Gasteiger partial charge in [0.1, 0.15) is 5.75 Å². The van der Waals surface area contributed by atoms with Crippen molar-refractivity contribution >= 4 is 17.5 Å². The molecule has 1 aliphatic carbocycles.